The summed E-state index contributed by atoms with van der Waals surface area (Å²) in [4.78, 5) is 10.5. The number of hydrogen-bond acceptors (Lipinski definition) is 2. The molecule has 2 nitrogen and oxygen atoms in total. The van der Waals surface area contributed by atoms with E-state index in [1.54, 1.807) is 0 Å². The second kappa shape index (κ2) is 4.56. The minimum atomic E-state index is 0.190. The predicted molar refractivity (Wildman–Crippen MR) is 80.4 cm³/mol. The monoisotopic (exact) mass is 278 g/mol. The molecule has 0 amide bonds. The summed E-state index contributed by atoms with van der Waals surface area (Å²) in [5.41, 5.74) is 1.98. The molecule has 6 fully saturated rings. The van der Waals surface area contributed by atoms with Crippen LogP contribution in [0, 0.1) is 21.7 Å². The first-order chi connectivity index (χ1) is 9.49. The van der Waals surface area contributed by atoms with Gasteiger partial charge in [0.15, 0.2) is 0 Å². The topological polar surface area (TPSA) is 37.3 Å². The van der Waals surface area contributed by atoms with Crippen LogP contribution in [0.25, 0.3) is 0 Å². The number of rotatable bonds is 6. The summed E-state index contributed by atoms with van der Waals surface area (Å²) in [7, 11) is 0. The fourth-order valence-corrected chi connectivity index (χ4v) is 6.20. The maximum absolute atomic E-state index is 10.5. The Hall–Kier alpha value is -0.370. The van der Waals surface area contributed by atoms with E-state index in [1.807, 2.05) is 0 Å². The molecule has 6 saturated carbocycles. The second-order valence-electron chi connectivity index (χ2n) is 8.70. The highest BCUT2D eigenvalue weighted by Gasteiger charge is 2.67. The van der Waals surface area contributed by atoms with E-state index >= 15 is 0 Å². The lowest BCUT2D eigenvalue weighted by molar-refractivity contribution is -0.226. The van der Waals surface area contributed by atoms with Crippen LogP contribution in [0.4, 0.5) is 0 Å². The van der Waals surface area contributed by atoms with Gasteiger partial charge in [0.25, 0.3) is 0 Å². The fourth-order valence-electron chi connectivity index (χ4n) is 6.20. The molecular formula is C18H30O2. The largest absolute Gasteiger partial charge is 0.396 e. The zero-order valence-corrected chi connectivity index (χ0v) is 13.2. The molecule has 4 bridgehead atoms. The van der Waals surface area contributed by atoms with Crippen molar-refractivity contribution in [2.45, 2.75) is 78.1 Å². The van der Waals surface area contributed by atoms with E-state index in [9.17, 15) is 4.79 Å². The predicted octanol–water partition coefficient (Wildman–Crippen LogP) is 4.10. The molecule has 6 aliphatic carbocycles. The molecule has 0 aliphatic heterocycles. The number of aldehydes is 1. The molecule has 0 atom stereocenters. The number of carbonyl (C=O) groups excluding carboxylic acids is 1. The molecule has 6 rings (SSSR count). The number of carbonyl (C=O) groups is 1. The third-order valence-electron chi connectivity index (χ3n) is 6.58. The molecule has 0 saturated heterocycles. The molecule has 0 heterocycles. The van der Waals surface area contributed by atoms with E-state index in [2.05, 4.69) is 13.8 Å². The lowest BCUT2D eigenvalue weighted by Gasteiger charge is -2.70. The van der Waals surface area contributed by atoms with Crippen molar-refractivity contribution in [3.63, 3.8) is 0 Å². The van der Waals surface area contributed by atoms with E-state index in [4.69, 9.17) is 5.11 Å². The van der Waals surface area contributed by atoms with Crippen LogP contribution in [0.3, 0.4) is 0 Å². The smallest absolute Gasteiger partial charge is 0.126 e. The van der Waals surface area contributed by atoms with Crippen molar-refractivity contribution in [3.8, 4) is 0 Å². The number of hydrogen-bond donors (Lipinski definition) is 1. The summed E-state index contributed by atoms with van der Waals surface area (Å²) < 4.78 is 0. The van der Waals surface area contributed by atoms with Crippen molar-refractivity contribution in [2.75, 3.05) is 6.61 Å². The average Bonchev–Trinajstić information content (AvgIpc) is 2.25. The normalized spacial score (nSPS) is 49.5. The van der Waals surface area contributed by atoms with Crippen molar-refractivity contribution < 1.29 is 9.90 Å². The van der Waals surface area contributed by atoms with Crippen molar-refractivity contribution in [2.24, 2.45) is 21.7 Å². The van der Waals surface area contributed by atoms with Crippen molar-refractivity contribution in [1.29, 1.82) is 0 Å². The van der Waals surface area contributed by atoms with E-state index in [1.165, 1.54) is 70.5 Å². The quantitative estimate of drug-likeness (QED) is 0.743. The van der Waals surface area contributed by atoms with Gasteiger partial charge in [-0.3, -0.25) is 0 Å². The third-order valence-corrected chi connectivity index (χ3v) is 6.58. The van der Waals surface area contributed by atoms with Crippen molar-refractivity contribution in [3.05, 3.63) is 0 Å². The molecular weight excluding hydrogens is 248 g/mol. The van der Waals surface area contributed by atoms with Gasteiger partial charge in [0.1, 0.15) is 6.29 Å². The van der Waals surface area contributed by atoms with Gasteiger partial charge in [-0.05, 0) is 67.6 Å². The zero-order chi connectivity index (χ0) is 14.5. The molecule has 2 heteroatoms. The lowest BCUT2D eigenvalue weighted by atomic mass is 9.34. The molecule has 0 spiro atoms. The first-order valence-electron chi connectivity index (χ1n) is 8.56. The van der Waals surface area contributed by atoms with Crippen LogP contribution in [0.1, 0.15) is 78.1 Å². The van der Waals surface area contributed by atoms with Gasteiger partial charge in [-0.25, -0.2) is 0 Å². The van der Waals surface area contributed by atoms with Gasteiger partial charge in [-0.2, -0.15) is 0 Å². The average molecular weight is 278 g/mol. The highest BCUT2D eigenvalue weighted by molar-refractivity contribution is 5.66. The zero-order valence-electron chi connectivity index (χ0n) is 13.2. The summed E-state index contributed by atoms with van der Waals surface area (Å²) in [6, 6.07) is 0. The van der Waals surface area contributed by atoms with Gasteiger partial charge >= 0.3 is 0 Å². The Balaban J connectivity index is 0.000000121. The molecule has 114 valence electrons. The highest BCUT2D eigenvalue weighted by atomic mass is 16.3. The molecule has 0 aromatic heterocycles. The third kappa shape index (κ3) is 1.98. The highest BCUT2D eigenvalue weighted by Crippen LogP contribution is 2.75. The van der Waals surface area contributed by atoms with Gasteiger partial charge in [0.05, 0.1) is 0 Å². The summed E-state index contributed by atoms with van der Waals surface area (Å²) in [5.74, 6) is 0. The lowest BCUT2D eigenvalue weighted by Crippen LogP contribution is -2.63. The number of aliphatic hydroxyl groups excluding tert-OH is 1. The Labute approximate surface area is 123 Å². The maximum Gasteiger partial charge on any atom is 0.126 e. The molecule has 0 radical (unpaired) electrons. The minimum absolute atomic E-state index is 0.190. The first-order valence-corrected chi connectivity index (χ1v) is 8.56. The van der Waals surface area contributed by atoms with Crippen LogP contribution in [0.5, 0.6) is 0 Å². The summed E-state index contributed by atoms with van der Waals surface area (Å²) in [5, 5.41) is 8.97. The first kappa shape index (κ1) is 14.6. The second-order valence-corrected chi connectivity index (χ2v) is 8.70. The van der Waals surface area contributed by atoms with Gasteiger partial charge in [-0.1, -0.05) is 26.7 Å². The SMILES string of the molecule is CCCC12CC(C=O)(C1)C2.CCCC12CC(CO)(C1)C2. The van der Waals surface area contributed by atoms with Crippen LogP contribution in [-0.4, -0.2) is 18.0 Å². The van der Waals surface area contributed by atoms with Crippen LogP contribution in [0.2, 0.25) is 0 Å². The summed E-state index contributed by atoms with van der Waals surface area (Å²) >= 11 is 0. The molecule has 1 N–H and O–H groups in total. The molecule has 0 aromatic rings. The van der Waals surface area contributed by atoms with Crippen molar-refractivity contribution in [1.82, 2.24) is 0 Å². The van der Waals surface area contributed by atoms with Gasteiger partial charge < -0.3 is 9.90 Å². The van der Waals surface area contributed by atoms with E-state index < -0.39 is 0 Å². The number of aliphatic hydroxyl groups is 1. The van der Waals surface area contributed by atoms with Crippen LogP contribution < -0.4 is 0 Å². The maximum atomic E-state index is 10.5. The molecule has 0 aromatic carbocycles. The van der Waals surface area contributed by atoms with Crippen LogP contribution in [0.15, 0.2) is 0 Å². The minimum Gasteiger partial charge on any atom is -0.396 e. The Bertz CT molecular complexity index is 359. The molecule has 0 unspecified atom stereocenters. The van der Waals surface area contributed by atoms with E-state index in [-0.39, 0.29) is 5.41 Å². The molecule has 20 heavy (non-hydrogen) atoms. The van der Waals surface area contributed by atoms with E-state index in [0.717, 1.165) is 5.41 Å². The van der Waals surface area contributed by atoms with E-state index in [0.29, 0.717) is 17.4 Å². The fraction of sp³-hybridized carbons (Fsp3) is 0.944. The Kier molecular flexibility index (Phi) is 3.32. The summed E-state index contributed by atoms with van der Waals surface area (Å²) in [6.45, 7) is 4.93. The standard InChI is InChI=1S/C9H16O.C9H14O/c2*1-2-3-8-4-9(5-8,6-8)7-10/h10H,2-7H2,1H3;7H,2-6H2,1H3. The molecule has 6 aliphatic rings. The van der Waals surface area contributed by atoms with Gasteiger partial charge in [0, 0.05) is 12.0 Å². The van der Waals surface area contributed by atoms with Gasteiger partial charge in [0.2, 0.25) is 0 Å². The van der Waals surface area contributed by atoms with Crippen molar-refractivity contribution >= 4 is 6.29 Å². The Morgan fingerprint density at radius 3 is 1.65 bits per heavy atom. The summed E-state index contributed by atoms with van der Waals surface area (Å²) in [6.07, 6.45) is 14.1. The van der Waals surface area contributed by atoms with Crippen LogP contribution >= 0.6 is 0 Å². The Morgan fingerprint density at radius 2 is 1.30 bits per heavy atom. The Morgan fingerprint density at radius 1 is 0.850 bits per heavy atom. The van der Waals surface area contributed by atoms with Crippen LogP contribution in [-0.2, 0) is 4.79 Å². The van der Waals surface area contributed by atoms with Gasteiger partial charge in [-0.15, -0.1) is 0 Å².